The second-order valence-electron chi connectivity index (χ2n) is 7.96. The van der Waals surface area contributed by atoms with Gasteiger partial charge in [0.05, 0.1) is 0 Å². The largest absolute Gasteiger partial charge is 0.338 e. The minimum Gasteiger partial charge on any atom is -0.338 e. The maximum Gasteiger partial charge on any atom is 0.319 e. The van der Waals surface area contributed by atoms with E-state index in [2.05, 4.69) is 46.9 Å². The summed E-state index contributed by atoms with van der Waals surface area (Å²) in [5, 5.41) is 9.64. The molecular weight excluding hydrogens is 366 g/mol. The van der Waals surface area contributed by atoms with Crippen LogP contribution in [0, 0.1) is 0 Å². The zero-order chi connectivity index (χ0) is 19.8. The second kappa shape index (κ2) is 10.8. The lowest BCUT2D eigenvalue weighted by atomic mass is 9.89. The SMILES string of the molecule is CCCCCCNC(=O)Nc1ccc2scc(C3CCN(CCC)CC3)c2c1. The van der Waals surface area contributed by atoms with Gasteiger partial charge in [-0.05, 0) is 85.8 Å². The number of hydrogen-bond acceptors (Lipinski definition) is 3. The molecule has 1 fully saturated rings. The predicted octanol–water partition coefficient (Wildman–Crippen LogP) is 6.19. The first-order valence-electron chi connectivity index (χ1n) is 11.0. The standard InChI is InChI=1S/C23H35N3OS/c1-3-5-6-7-12-24-23(27)25-19-8-9-22-20(16-19)21(17-28-22)18-10-14-26(13-4-2)15-11-18/h8-9,16-18H,3-7,10-15H2,1-2H3,(H2,24,25,27). The molecule has 2 N–H and O–H groups in total. The molecule has 1 aromatic carbocycles. The van der Waals surface area contributed by atoms with Crippen molar-refractivity contribution in [3.05, 3.63) is 29.1 Å². The number of thiophene rings is 1. The molecule has 0 bridgehead atoms. The number of rotatable bonds is 9. The van der Waals surface area contributed by atoms with Gasteiger partial charge in [0.25, 0.3) is 0 Å². The third-order valence-electron chi connectivity index (χ3n) is 5.74. The van der Waals surface area contributed by atoms with Gasteiger partial charge in [-0.15, -0.1) is 11.3 Å². The van der Waals surface area contributed by atoms with Crippen LogP contribution in [-0.2, 0) is 0 Å². The Labute approximate surface area is 173 Å². The fourth-order valence-corrected chi connectivity index (χ4v) is 5.18. The lowest BCUT2D eigenvalue weighted by Crippen LogP contribution is -2.33. The van der Waals surface area contributed by atoms with E-state index < -0.39 is 0 Å². The van der Waals surface area contributed by atoms with Crippen LogP contribution in [0.15, 0.2) is 23.6 Å². The highest BCUT2D eigenvalue weighted by molar-refractivity contribution is 7.17. The van der Waals surface area contributed by atoms with Gasteiger partial charge in [-0.3, -0.25) is 0 Å². The Morgan fingerprint density at radius 2 is 1.96 bits per heavy atom. The number of carbonyl (C=O) groups excluding carboxylic acids is 1. The number of benzene rings is 1. The Balaban J connectivity index is 1.59. The van der Waals surface area contributed by atoms with Crippen LogP contribution in [0.4, 0.5) is 10.5 Å². The zero-order valence-electron chi connectivity index (χ0n) is 17.4. The number of nitrogens with one attached hydrogen (secondary N) is 2. The number of urea groups is 1. The number of unbranched alkanes of at least 4 members (excludes halogenated alkanes) is 3. The molecule has 3 rings (SSSR count). The molecule has 4 nitrogen and oxygen atoms in total. The van der Waals surface area contributed by atoms with Crippen molar-refractivity contribution in [3.8, 4) is 0 Å². The summed E-state index contributed by atoms with van der Waals surface area (Å²) in [5.74, 6) is 0.643. The number of carbonyl (C=O) groups is 1. The maximum absolute atomic E-state index is 12.2. The first kappa shape index (κ1) is 21.1. The lowest BCUT2D eigenvalue weighted by molar-refractivity contribution is 0.213. The number of nitrogens with zero attached hydrogens (tertiary/aromatic N) is 1. The van der Waals surface area contributed by atoms with Gasteiger partial charge >= 0.3 is 6.03 Å². The Morgan fingerprint density at radius 1 is 1.14 bits per heavy atom. The number of piperidine rings is 1. The highest BCUT2D eigenvalue weighted by Gasteiger charge is 2.22. The van der Waals surface area contributed by atoms with E-state index in [1.165, 1.54) is 73.8 Å². The highest BCUT2D eigenvalue weighted by atomic mass is 32.1. The monoisotopic (exact) mass is 401 g/mol. The van der Waals surface area contributed by atoms with E-state index in [0.29, 0.717) is 5.92 Å². The van der Waals surface area contributed by atoms with Gasteiger partial charge in [-0.1, -0.05) is 33.1 Å². The van der Waals surface area contributed by atoms with Crippen LogP contribution < -0.4 is 10.6 Å². The summed E-state index contributed by atoms with van der Waals surface area (Å²) >= 11 is 1.83. The van der Waals surface area contributed by atoms with Crippen molar-refractivity contribution in [1.29, 1.82) is 0 Å². The average Bonchev–Trinajstić information content (AvgIpc) is 3.12. The summed E-state index contributed by atoms with van der Waals surface area (Å²) in [4.78, 5) is 14.8. The molecule has 28 heavy (non-hydrogen) atoms. The molecule has 0 saturated carbocycles. The number of likely N-dealkylation sites (tertiary alicyclic amines) is 1. The summed E-state index contributed by atoms with van der Waals surface area (Å²) in [7, 11) is 0. The van der Waals surface area contributed by atoms with Crippen molar-refractivity contribution in [2.45, 2.75) is 64.7 Å². The maximum atomic E-state index is 12.2. The molecule has 154 valence electrons. The summed E-state index contributed by atoms with van der Waals surface area (Å²) in [6.07, 6.45) is 8.39. The van der Waals surface area contributed by atoms with Crippen molar-refractivity contribution < 1.29 is 4.79 Å². The minimum absolute atomic E-state index is 0.0968. The quantitative estimate of drug-likeness (QED) is 0.492. The average molecular weight is 402 g/mol. The lowest BCUT2D eigenvalue weighted by Gasteiger charge is -2.31. The van der Waals surface area contributed by atoms with Crippen molar-refractivity contribution in [2.24, 2.45) is 0 Å². The summed E-state index contributed by atoms with van der Waals surface area (Å²) in [5.41, 5.74) is 2.36. The van der Waals surface area contributed by atoms with E-state index in [1.807, 2.05) is 17.4 Å². The van der Waals surface area contributed by atoms with E-state index in [4.69, 9.17) is 0 Å². The summed E-state index contributed by atoms with van der Waals surface area (Å²) in [6.45, 7) is 8.83. The molecule has 2 heterocycles. The topological polar surface area (TPSA) is 44.4 Å². The van der Waals surface area contributed by atoms with Crippen LogP contribution in [0.25, 0.3) is 10.1 Å². The second-order valence-corrected chi connectivity index (χ2v) is 8.87. The van der Waals surface area contributed by atoms with Gasteiger partial charge in [0, 0.05) is 16.9 Å². The molecule has 0 aliphatic carbocycles. The third-order valence-corrected chi connectivity index (χ3v) is 6.73. The van der Waals surface area contributed by atoms with Crippen molar-refractivity contribution in [1.82, 2.24) is 10.2 Å². The molecule has 0 unspecified atom stereocenters. The van der Waals surface area contributed by atoms with E-state index >= 15 is 0 Å². The van der Waals surface area contributed by atoms with Crippen molar-refractivity contribution >= 4 is 33.1 Å². The van der Waals surface area contributed by atoms with Crippen molar-refractivity contribution in [2.75, 3.05) is 31.5 Å². The third kappa shape index (κ3) is 5.71. The van der Waals surface area contributed by atoms with Gasteiger partial charge in [-0.2, -0.15) is 0 Å². The summed E-state index contributed by atoms with van der Waals surface area (Å²) in [6, 6.07) is 6.23. The Hall–Kier alpha value is -1.59. The molecule has 5 heteroatoms. The van der Waals surface area contributed by atoms with Crippen LogP contribution >= 0.6 is 11.3 Å². The molecule has 1 aliphatic heterocycles. The molecule has 0 atom stereocenters. The Morgan fingerprint density at radius 3 is 2.71 bits per heavy atom. The Kier molecular flexibility index (Phi) is 8.16. The molecule has 2 amide bonds. The van der Waals surface area contributed by atoms with Crippen LogP contribution in [0.2, 0.25) is 0 Å². The molecular formula is C23H35N3OS. The highest BCUT2D eigenvalue weighted by Crippen LogP contribution is 2.37. The fourth-order valence-electron chi connectivity index (χ4n) is 4.16. The summed E-state index contributed by atoms with van der Waals surface area (Å²) < 4.78 is 1.32. The molecule has 0 radical (unpaired) electrons. The van der Waals surface area contributed by atoms with Gasteiger partial charge in [0.15, 0.2) is 0 Å². The first-order valence-corrected chi connectivity index (χ1v) is 11.9. The first-order chi connectivity index (χ1) is 13.7. The van der Waals surface area contributed by atoms with Crippen LogP contribution in [-0.4, -0.2) is 37.1 Å². The van der Waals surface area contributed by atoms with Crippen LogP contribution in [0.1, 0.15) is 70.3 Å². The van der Waals surface area contributed by atoms with E-state index in [9.17, 15) is 4.79 Å². The number of fused-ring (bicyclic) bond motifs is 1. The molecule has 0 spiro atoms. The number of amides is 2. The minimum atomic E-state index is -0.0968. The number of hydrogen-bond donors (Lipinski definition) is 2. The van der Waals surface area contributed by atoms with Crippen LogP contribution in [0.5, 0.6) is 0 Å². The molecule has 2 aromatic rings. The van der Waals surface area contributed by atoms with Gasteiger partial charge < -0.3 is 15.5 Å². The van der Waals surface area contributed by atoms with Gasteiger partial charge in [0.2, 0.25) is 0 Å². The zero-order valence-corrected chi connectivity index (χ0v) is 18.2. The smallest absolute Gasteiger partial charge is 0.319 e. The molecule has 1 saturated heterocycles. The van der Waals surface area contributed by atoms with Crippen molar-refractivity contribution in [3.63, 3.8) is 0 Å². The normalized spacial score (nSPS) is 15.8. The van der Waals surface area contributed by atoms with Crippen LogP contribution in [0.3, 0.4) is 0 Å². The van der Waals surface area contributed by atoms with E-state index in [-0.39, 0.29) is 6.03 Å². The fraction of sp³-hybridized carbons (Fsp3) is 0.609. The molecule has 1 aromatic heterocycles. The molecule has 1 aliphatic rings. The van der Waals surface area contributed by atoms with Gasteiger partial charge in [0.1, 0.15) is 0 Å². The predicted molar refractivity (Wildman–Crippen MR) is 122 cm³/mol. The van der Waals surface area contributed by atoms with E-state index in [1.54, 1.807) is 0 Å². The number of anilines is 1. The van der Waals surface area contributed by atoms with E-state index in [0.717, 1.165) is 18.7 Å². The van der Waals surface area contributed by atoms with Gasteiger partial charge in [-0.25, -0.2) is 4.79 Å². The Bertz CT molecular complexity index is 749.